The van der Waals surface area contributed by atoms with Crippen molar-refractivity contribution in [3.63, 3.8) is 0 Å². The highest BCUT2D eigenvalue weighted by atomic mass is 16.6. The van der Waals surface area contributed by atoms with Crippen molar-refractivity contribution < 1.29 is 24.2 Å². The van der Waals surface area contributed by atoms with Gasteiger partial charge in [0, 0.05) is 11.5 Å². The fraction of sp³-hybridized carbons (Fsp3) is 0.238. The highest BCUT2D eigenvalue weighted by Crippen LogP contribution is 2.32. The molecule has 0 fully saturated rings. The molecule has 0 atom stereocenters. The molecule has 1 N–H and O–H groups in total. The van der Waals surface area contributed by atoms with Gasteiger partial charge in [0.15, 0.2) is 0 Å². The van der Waals surface area contributed by atoms with E-state index in [2.05, 4.69) is 20.4 Å². The van der Waals surface area contributed by atoms with Gasteiger partial charge in [0.25, 0.3) is 0 Å². The second kappa shape index (κ2) is 8.34. The fourth-order valence-corrected chi connectivity index (χ4v) is 2.52. The van der Waals surface area contributed by atoms with Crippen LogP contribution in [0.25, 0.3) is 0 Å². The van der Waals surface area contributed by atoms with Crippen molar-refractivity contribution in [1.29, 1.82) is 0 Å². The van der Waals surface area contributed by atoms with E-state index < -0.39 is 11.9 Å². The van der Waals surface area contributed by atoms with Crippen LogP contribution in [0.5, 0.6) is 5.75 Å². The molecule has 0 saturated heterocycles. The third kappa shape index (κ3) is 4.72. The van der Waals surface area contributed by atoms with E-state index >= 15 is 0 Å². The van der Waals surface area contributed by atoms with Gasteiger partial charge < -0.3 is 14.6 Å². The topological polar surface area (TPSA) is 72.8 Å². The van der Waals surface area contributed by atoms with Gasteiger partial charge in [-0.1, -0.05) is 44.7 Å². The van der Waals surface area contributed by atoms with Gasteiger partial charge in [-0.05, 0) is 35.4 Å². The van der Waals surface area contributed by atoms with Gasteiger partial charge in [0.1, 0.15) is 19.0 Å². The summed E-state index contributed by atoms with van der Waals surface area (Å²) in [5.41, 5.74) is 2.08. The molecular formula is C21H22O5. The minimum Gasteiger partial charge on any atom is -0.490 e. The van der Waals surface area contributed by atoms with Crippen LogP contribution < -0.4 is 4.74 Å². The lowest BCUT2D eigenvalue weighted by molar-refractivity contribution is -0.138. The van der Waals surface area contributed by atoms with Crippen LogP contribution in [0.3, 0.4) is 0 Å². The van der Waals surface area contributed by atoms with Crippen molar-refractivity contribution in [1.82, 2.24) is 0 Å². The summed E-state index contributed by atoms with van der Waals surface area (Å²) in [5.74, 6) is -0.727. The Morgan fingerprint density at radius 1 is 1.00 bits per heavy atom. The van der Waals surface area contributed by atoms with E-state index in [0.717, 1.165) is 17.2 Å². The van der Waals surface area contributed by atoms with E-state index in [9.17, 15) is 9.59 Å². The number of carbonyl (C=O) groups excluding carboxylic acids is 1. The third-order valence-electron chi connectivity index (χ3n) is 4.19. The molecular weight excluding hydrogens is 332 g/mol. The monoisotopic (exact) mass is 354 g/mol. The van der Waals surface area contributed by atoms with E-state index in [1.807, 2.05) is 36.4 Å². The Kier molecular flexibility index (Phi) is 6.17. The standard InChI is InChI=1S/C21H22O5/c1-4-19(22)26-14-13-25-18-11-9-17(10-12-18)21(2,3)16-7-5-15(6-8-16)20(23)24/h4-12H,1,13-14H2,2-3H3,(H,23,24). The molecule has 0 aliphatic heterocycles. The van der Waals surface area contributed by atoms with Crippen molar-refractivity contribution in [2.45, 2.75) is 19.3 Å². The highest BCUT2D eigenvalue weighted by Gasteiger charge is 2.23. The number of rotatable bonds is 8. The molecule has 0 bridgehead atoms. The van der Waals surface area contributed by atoms with Gasteiger partial charge in [-0.25, -0.2) is 9.59 Å². The number of esters is 1. The Morgan fingerprint density at radius 2 is 1.54 bits per heavy atom. The van der Waals surface area contributed by atoms with Gasteiger partial charge in [-0.15, -0.1) is 0 Å². The Bertz CT molecular complexity index is 773. The summed E-state index contributed by atoms with van der Waals surface area (Å²) in [6, 6.07) is 14.6. The lowest BCUT2D eigenvalue weighted by Crippen LogP contribution is -2.19. The molecule has 5 heteroatoms. The molecule has 0 unspecified atom stereocenters. The van der Waals surface area contributed by atoms with Crippen molar-refractivity contribution in [2.24, 2.45) is 0 Å². The third-order valence-corrected chi connectivity index (χ3v) is 4.19. The van der Waals surface area contributed by atoms with Crippen molar-refractivity contribution in [2.75, 3.05) is 13.2 Å². The summed E-state index contributed by atoms with van der Waals surface area (Å²) in [4.78, 5) is 21.9. The first-order valence-corrected chi connectivity index (χ1v) is 8.21. The molecule has 0 amide bonds. The minimum atomic E-state index is -0.936. The van der Waals surface area contributed by atoms with E-state index in [1.165, 1.54) is 0 Å². The number of hydrogen-bond donors (Lipinski definition) is 1. The highest BCUT2D eigenvalue weighted by molar-refractivity contribution is 5.87. The zero-order valence-electron chi connectivity index (χ0n) is 14.9. The van der Waals surface area contributed by atoms with Gasteiger partial charge in [0.2, 0.25) is 0 Å². The van der Waals surface area contributed by atoms with Gasteiger partial charge in [-0.2, -0.15) is 0 Å². The molecule has 0 radical (unpaired) electrons. The SMILES string of the molecule is C=CC(=O)OCCOc1ccc(C(C)(C)c2ccc(C(=O)O)cc2)cc1. The average Bonchev–Trinajstić information content (AvgIpc) is 2.65. The Balaban J connectivity index is 2.02. The van der Waals surface area contributed by atoms with E-state index in [1.54, 1.807) is 12.1 Å². The largest absolute Gasteiger partial charge is 0.490 e. The summed E-state index contributed by atoms with van der Waals surface area (Å²) in [6.07, 6.45) is 1.11. The number of carbonyl (C=O) groups is 2. The van der Waals surface area contributed by atoms with Crippen LogP contribution in [0.1, 0.15) is 35.3 Å². The summed E-state index contributed by atoms with van der Waals surface area (Å²) in [5, 5.41) is 9.01. The normalized spacial score (nSPS) is 10.8. The smallest absolute Gasteiger partial charge is 0.335 e. The average molecular weight is 354 g/mol. The van der Waals surface area contributed by atoms with Crippen LogP contribution in [0.2, 0.25) is 0 Å². The maximum absolute atomic E-state index is 11.0. The Morgan fingerprint density at radius 3 is 2.04 bits per heavy atom. The Labute approximate surface area is 152 Å². The van der Waals surface area contributed by atoms with Crippen LogP contribution in [0.4, 0.5) is 0 Å². The molecule has 0 spiro atoms. The predicted octanol–water partition coefficient (Wildman–Crippen LogP) is 3.82. The predicted molar refractivity (Wildman–Crippen MR) is 98.6 cm³/mol. The molecule has 0 heterocycles. The first-order chi connectivity index (χ1) is 12.3. The molecule has 136 valence electrons. The first kappa shape index (κ1) is 19.2. The molecule has 0 saturated carbocycles. The van der Waals surface area contributed by atoms with Crippen LogP contribution in [-0.4, -0.2) is 30.3 Å². The van der Waals surface area contributed by atoms with Crippen LogP contribution in [-0.2, 0) is 14.9 Å². The number of hydrogen-bond acceptors (Lipinski definition) is 4. The number of aromatic carboxylic acids is 1. The summed E-state index contributed by atoms with van der Waals surface area (Å²) < 4.78 is 10.4. The van der Waals surface area contributed by atoms with Crippen molar-refractivity contribution in [3.05, 3.63) is 77.9 Å². The number of carboxylic acid groups (broad SMARTS) is 1. The summed E-state index contributed by atoms with van der Waals surface area (Å²) in [7, 11) is 0. The molecule has 2 aromatic rings. The number of carboxylic acids is 1. The van der Waals surface area contributed by atoms with Crippen molar-refractivity contribution in [3.8, 4) is 5.75 Å². The van der Waals surface area contributed by atoms with Crippen LogP contribution >= 0.6 is 0 Å². The minimum absolute atomic E-state index is 0.161. The zero-order chi connectivity index (χ0) is 19.2. The maximum atomic E-state index is 11.0. The number of ether oxygens (including phenoxy) is 2. The van der Waals surface area contributed by atoms with Crippen molar-refractivity contribution >= 4 is 11.9 Å². The second-order valence-corrected chi connectivity index (χ2v) is 6.25. The molecule has 0 aliphatic rings. The van der Waals surface area contributed by atoms with E-state index in [0.29, 0.717) is 5.75 Å². The lowest BCUT2D eigenvalue weighted by Gasteiger charge is -2.26. The van der Waals surface area contributed by atoms with Gasteiger partial charge >= 0.3 is 11.9 Å². The fourth-order valence-electron chi connectivity index (χ4n) is 2.52. The molecule has 26 heavy (non-hydrogen) atoms. The first-order valence-electron chi connectivity index (χ1n) is 8.21. The van der Waals surface area contributed by atoms with Crippen LogP contribution in [0, 0.1) is 0 Å². The molecule has 2 aromatic carbocycles. The summed E-state index contributed by atoms with van der Waals surface area (Å²) in [6.45, 7) is 7.90. The van der Waals surface area contributed by atoms with Crippen LogP contribution in [0.15, 0.2) is 61.2 Å². The number of benzene rings is 2. The maximum Gasteiger partial charge on any atom is 0.335 e. The van der Waals surface area contributed by atoms with E-state index in [4.69, 9.17) is 14.6 Å². The quantitative estimate of drug-likeness (QED) is 0.443. The molecule has 0 aliphatic carbocycles. The molecule has 0 aromatic heterocycles. The zero-order valence-corrected chi connectivity index (χ0v) is 14.9. The van der Waals surface area contributed by atoms with E-state index in [-0.39, 0.29) is 24.2 Å². The molecule has 2 rings (SSSR count). The second-order valence-electron chi connectivity index (χ2n) is 6.25. The summed E-state index contributed by atoms with van der Waals surface area (Å²) >= 11 is 0. The molecule has 5 nitrogen and oxygen atoms in total. The Hall–Kier alpha value is -3.08. The van der Waals surface area contributed by atoms with Gasteiger partial charge in [-0.3, -0.25) is 0 Å². The lowest BCUT2D eigenvalue weighted by atomic mass is 9.78. The van der Waals surface area contributed by atoms with Gasteiger partial charge in [0.05, 0.1) is 5.56 Å².